The number of hydrogen-bond acceptors (Lipinski definition) is 2. The molecule has 1 aromatic heterocycles. The van der Waals surface area contributed by atoms with E-state index < -0.39 is 11.9 Å². The van der Waals surface area contributed by atoms with Crippen molar-refractivity contribution in [1.29, 1.82) is 0 Å². The Hall–Kier alpha value is -1.39. The van der Waals surface area contributed by atoms with Crippen LogP contribution < -0.4 is 5.73 Å². The molecule has 1 heterocycles. The Bertz CT molecular complexity index is 531. The summed E-state index contributed by atoms with van der Waals surface area (Å²) in [6.07, 6.45) is 1.71. The first kappa shape index (κ1) is 12.1. The van der Waals surface area contributed by atoms with Crippen LogP contribution in [0, 0.1) is 12.7 Å². The molecule has 0 saturated heterocycles. The van der Waals surface area contributed by atoms with Crippen molar-refractivity contribution in [3.8, 4) is 0 Å². The summed E-state index contributed by atoms with van der Waals surface area (Å²) in [5, 5.41) is 4.18. The second-order valence-corrected chi connectivity index (χ2v) is 4.36. The number of rotatable bonds is 2. The van der Waals surface area contributed by atoms with Gasteiger partial charge in [-0.05, 0) is 18.6 Å². The molecule has 0 fully saturated rings. The summed E-state index contributed by atoms with van der Waals surface area (Å²) in [4.78, 5) is 0. The van der Waals surface area contributed by atoms with Crippen molar-refractivity contribution in [2.45, 2.75) is 13.0 Å². The van der Waals surface area contributed by atoms with E-state index in [1.54, 1.807) is 30.1 Å². The molecule has 0 radical (unpaired) electrons. The molecule has 5 heteroatoms. The molecule has 0 aliphatic rings. The molecule has 2 aromatic rings. The lowest BCUT2D eigenvalue weighted by molar-refractivity contribution is 0.586. The first-order valence-electron chi connectivity index (χ1n) is 5.20. The van der Waals surface area contributed by atoms with E-state index in [0.717, 1.165) is 11.3 Å². The van der Waals surface area contributed by atoms with Crippen LogP contribution in [-0.2, 0) is 7.05 Å². The molecule has 17 heavy (non-hydrogen) atoms. The fourth-order valence-electron chi connectivity index (χ4n) is 1.91. The molecule has 0 bridgehead atoms. The minimum Gasteiger partial charge on any atom is -0.319 e. The predicted octanol–water partition coefficient (Wildman–Crippen LogP) is 2.57. The third-order valence-electron chi connectivity index (χ3n) is 2.79. The quantitative estimate of drug-likeness (QED) is 0.894. The molecule has 1 unspecified atom stereocenters. The van der Waals surface area contributed by atoms with E-state index in [4.69, 9.17) is 17.3 Å². The third kappa shape index (κ3) is 2.06. The van der Waals surface area contributed by atoms with Gasteiger partial charge in [-0.3, -0.25) is 4.68 Å². The van der Waals surface area contributed by atoms with Crippen molar-refractivity contribution in [1.82, 2.24) is 9.78 Å². The SMILES string of the molecule is Cc1cnn(C)c1C(N)c1cccc(Cl)c1F. The van der Waals surface area contributed by atoms with E-state index in [1.807, 2.05) is 6.92 Å². The number of benzene rings is 1. The molecular formula is C12H13ClFN3. The zero-order valence-electron chi connectivity index (χ0n) is 9.61. The standard InChI is InChI=1S/C12H13ClFN3/c1-7-6-16-17(2)12(7)11(15)8-4-3-5-9(13)10(8)14/h3-6,11H,15H2,1-2H3. The van der Waals surface area contributed by atoms with Crippen LogP contribution in [0.25, 0.3) is 0 Å². The van der Waals surface area contributed by atoms with Gasteiger partial charge in [0.25, 0.3) is 0 Å². The van der Waals surface area contributed by atoms with E-state index in [1.165, 1.54) is 6.07 Å². The maximum atomic E-state index is 13.9. The average Bonchev–Trinajstić information content (AvgIpc) is 2.62. The summed E-state index contributed by atoms with van der Waals surface area (Å²) in [6.45, 7) is 1.89. The van der Waals surface area contributed by atoms with Gasteiger partial charge >= 0.3 is 0 Å². The minimum atomic E-state index is -0.568. The van der Waals surface area contributed by atoms with Crippen molar-refractivity contribution < 1.29 is 4.39 Å². The van der Waals surface area contributed by atoms with Crippen molar-refractivity contribution in [2.75, 3.05) is 0 Å². The molecule has 0 aliphatic carbocycles. The topological polar surface area (TPSA) is 43.8 Å². The number of nitrogens with two attached hydrogens (primary N) is 1. The van der Waals surface area contributed by atoms with Crippen molar-refractivity contribution in [3.63, 3.8) is 0 Å². The van der Waals surface area contributed by atoms with E-state index in [9.17, 15) is 4.39 Å². The number of halogens is 2. The van der Waals surface area contributed by atoms with Gasteiger partial charge in [-0.25, -0.2) is 4.39 Å². The lowest BCUT2D eigenvalue weighted by Crippen LogP contribution is -2.18. The Balaban J connectivity index is 2.51. The number of nitrogens with zero attached hydrogens (tertiary/aromatic N) is 2. The fraction of sp³-hybridized carbons (Fsp3) is 0.250. The second-order valence-electron chi connectivity index (χ2n) is 3.96. The van der Waals surface area contributed by atoms with Gasteiger partial charge in [0.1, 0.15) is 5.82 Å². The molecule has 2 rings (SSSR count). The van der Waals surface area contributed by atoms with Crippen LogP contribution in [0.3, 0.4) is 0 Å². The van der Waals surface area contributed by atoms with E-state index in [-0.39, 0.29) is 5.02 Å². The summed E-state index contributed by atoms with van der Waals surface area (Å²) in [7, 11) is 1.78. The summed E-state index contributed by atoms with van der Waals surface area (Å²) in [5.41, 5.74) is 8.17. The van der Waals surface area contributed by atoms with Gasteiger partial charge in [0.2, 0.25) is 0 Å². The van der Waals surface area contributed by atoms with Crippen LogP contribution in [-0.4, -0.2) is 9.78 Å². The van der Waals surface area contributed by atoms with Crippen LogP contribution in [0.1, 0.15) is 22.9 Å². The van der Waals surface area contributed by atoms with E-state index in [0.29, 0.717) is 5.56 Å². The molecule has 0 aliphatic heterocycles. The van der Waals surface area contributed by atoms with Crippen molar-refractivity contribution in [2.24, 2.45) is 12.8 Å². The molecule has 0 saturated carbocycles. The van der Waals surface area contributed by atoms with Gasteiger partial charge in [-0.15, -0.1) is 0 Å². The summed E-state index contributed by atoms with van der Waals surface area (Å²) in [5.74, 6) is -0.470. The first-order chi connectivity index (χ1) is 8.02. The largest absolute Gasteiger partial charge is 0.319 e. The summed E-state index contributed by atoms with van der Waals surface area (Å²) < 4.78 is 15.5. The van der Waals surface area contributed by atoms with E-state index in [2.05, 4.69) is 5.10 Å². The highest BCUT2D eigenvalue weighted by atomic mass is 35.5. The van der Waals surface area contributed by atoms with Crippen LogP contribution in [0.5, 0.6) is 0 Å². The minimum absolute atomic E-state index is 0.0813. The lowest BCUT2D eigenvalue weighted by Gasteiger charge is -2.15. The number of aromatic nitrogens is 2. The van der Waals surface area contributed by atoms with Gasteiger partial charge in [0, 0.05) is 12.6 Å². The van der Waals surface area contributed by atoms with Crippen molar-refractivity contribution in [3.05, 3.63) is 52.1 Å². The van der Waals surface area contributed by atoms with Crippen LogP contribution in [0.4, 0.5) is 4.39 Å². The van der Waals surface area contributed by atoms with Gasteiger partial charge < -0.3 is 5.73 Å². The smallest absolute Gasteiger partial charge is 0.146 e. The highest BCUT2D eigenvalue weighted by Crippen LogP contribution is 2.27. The van der Waals surface area contributed by atoms with Crippen LogP contribution >= 0.6 is 11.6 Å². The van der Waals surface area contributed by atoms with Crippen molar-refractivity contribution >= 4 is 11.6 Å². The van der Waals surface area contributed by atoms with Gasteiger partial charge in [0.05, 0.1) is 23.0 Å². The Kier molecular flexibility index (Phi) is 3.17. The molecule has 90 valence electrons. The van der Waals surface area contributed by atoms with Gasteiger partial charge in [0.15, 0.2) is 0 Å². The highest BCUT2D eigenvalue weighted by Gasteiger charge is 2.20. The molecule has 0 spiro atoms. The maximum absolute atomic E-state index is 13.9. The predicted molar refractivity (Wildman–Crippen MR) is 65.4 cm³/mol. The molecule has 1 aromatic carbocycles. The Morgan fingerprint density at radius 2 is 2.18 bits per heavy atom. The fourth-order valence-corrected chi connectivity index (χ4v) is 2.09. The zero-order valence-corrected chi connectivity index (χ0v) is 10.4. The molecular weight excluding hydrogens is 241 g/mol. The summed E-state index contributed by atoms with van der Waals surface area (Å²) in [6, 6.07) is 4.26. The van der Waals surface area contributed by atoms with Crippen LogP contribution in [0.2, 0.25) is 5.02 Å². The maximum Gasteiger partial charge on any atom is 0.146 e. The highest BCUT2D eigenvalue weighted by molar-refractivity contribution is 6.30. The number of aryl methyl sites for hydroxylation is 2. The monoisotopic (exact) mass is 253 g/mol. The normalized spacial score (nSPS) is 12.8. The average molecular weight is 254 g/mol. The Labute approximate surface area is 104 Å². The van der Waals surface area contributed by atoms with Gasteiger partial charge in [-0.2, -0.15) is 5.10 Å². The molecule has 3 nitrogen and oxygen atoms in total. The summed E-state index contributed by atoms with van der Waals surface area (Å²) >= 11 is 5.75. The zero-order chi connectivity index (χ0) is 12.6. The Morgan fingerprint density at radius 3 is 2.76 bits per heavy atom. The second kappa shape index (κ2) is 4.47. The first-order valence-corrected chi connectivity index (χ1v) is 5.58. The molecule has 1 atom stereocenters. The number of hydrogen-bond donors (Lipinski definition) is 1. The Morgan fingerprint density at radius 1 is 1.47 bits per heavy atom. The molecule has 0 amide bonds. The van der Waals surface area contributed by atoms with E-state index >= 15 is 0 Å². The molecule has 2 N–H and O–H groups in total. The third-order valence-corrected chi connectivity index (χ3v) is 3.08. The lowest BCUT2D eigenvalue weighted by atomic mass is 10.0. The van der Waals surface area contributed by atoms with Crippen LogP contribution in [0.15, 0.2) is 24.4 Å². The van der Waals surface area contributed by atoms with Gasteiger partial charge in [-0.1, -0.05) is 23.7 Å².